The molecule has 1 fully saturated rings. The second kappa shape index (κ2) is 8.18. The summed E-state index contributed by atoms with van der Waals surface area (Å²) in [5.74, 6) is -1.02. The number of esters is 1. The molecule has 0 radical (unpaired) electrons. The fraction of sp³-hybridized carbons (Fsp3) is 0.389. The Bertz CT molecular complexity index is 924. The molecule has 0 bridgehead atoms. The average Bonchev–Trinajstić information content (AvgIpc) is 3.28. The lowest BCUT2D eigenvalue weighted by Gasteiger charge is -2.26. The molecule has 2 aromatic rings. The van der Waals surface area contributed by atoms with E-state index in [4.69, 9.17) is 4.74 Å². The Labute approximate surface area is 161 Å². The topological polar surface area (TPSA) is 93.6 Å². The Morgan fingerprint density at radius 2 is 2.04 bits per heavy atom. The van der Waals surface area contributed by atoms with Gasteiger partial charge in [-0.3, -0.25) is 4.79 Å². The quantitative estimate of drug-likeness (QED) is 0.679. The molecule has 1 atom stereocenters. The number of rotatable bonds is 6. The zero-order valence-electron chi connectivity index (χ0n) is 14.8. The van der Waals surface area contributed by atoms with Crippen LogP contribution in [0.5, 0.6) is 0 Å². The summed E-state index contributed by atoms with van der Waals surface area (Å²) < 4.78 is 28.3. The van der Waals surface area contributed by atoms with Crippen LogP contribution in [0.3, 0.4) is 0 Å². The van der Waals surface area contributed by atoms with Gasteiger partial charge in [0.15, 0.2) is 22.1 Å². The Kier molecular flexibility index (Phi) is 5.91. The second-order valence-electron chi connectivity index (χ2n) is 6.22. The first kappa shape index (κ1) is 19.5. The molecule has 0 N–H and O–H groups in total. The molecule has 3 rings (SSSR count). The predicted octanol–water partition coefficient (Wildman–Crippen LogP) is 2.00. The van der Waals surface area contributed by atoms with Crippen molar-refractivity contribution in [2.75, 3.05) is 24.7 Å². The number of nitrogens with zero attached hydrogens (tertiary/aromatic N) is 2. The van der Waals surface area contributed by atoms with E-state index in [1.54, 1.807) is 12.3 Å². The van der Waals surface area contributed by atoms with Crippen LogP contribution in [0, 0.1) is 0 Å². The summed E-state index contributed by atoms with van der Waals surface area (Å²) in [5.41, 5.74) is 1.05. The molecule has 0 aliphatic carbocycles. The first-order valence-corrected chi connectivity index (χ1v) is 11.3. The average molecular weight is 409 g/mol. The SMILES string of the molecule is CCN(C(=O)COC(=O)c1csc(-c2ccccc2)n1)[C@@H]1CCS(=O)(=O)C1. The molecule has 1 aromatic heterocycles. The predicted molar refractivity (Wildman–Crippen MR) is 102 cm³/mol. The monoisotopic (exact) mass is 408 g/mol. The highest BCUT2D eigenvalue weighted by Crippen LogP contribution is 2.23. The maximum absolute atomic E-state index is 12.4. The summed E-state index contributed by atoms with van der Waals surface area (Å²) in [7, 11) is -3.09. The fourth-order valence-corrected chi connectivity index (χ4v) is 5.55. The van der Waals surface area contributed by atoms with Crippen molar-refractivity contribution in [2.24, 2.45) is 0 Å². The first-order chi connectivity index (χ1) is 12.9. The van der Waals surface area contributed by atoms with E-state index in [-0.39, 0.29) is 23.2 Å². The van der Waals surface area contributed by atoms with Gasteiger partial charge in [-0.05, 0) is 13.3 Å². The second-order valence-corrected chi connectivity index (χ2v) is 9.30. The van der Waals surface area contributed by atoms with Gasteiger partial charge in [0, 0.05) is 23.5 Å². The molecule has 2 heterocycles. The number of sulfone groups is 1. The normalized spacial score (nSPS) is 18.2. The molecular formula is C18H20N2O5S2. The number of amides is 1. The molecular weight excluding hydrogens is 388 g/mol. The van der Waals surface area contributed by atoms with Crippen LogP contribution in [0.2, 0.25) is 0 Å². The van der Waals surface area contributed by atoms with Gasteiger partial charge in [0.05, 0.1) is 11.5 Å². The molecule has 144 valence electrons. The van der Waals surface area contributed by atoms with Crippen molar-refractivity contribution >= 4 is 33.1 Å². The van der Waals surface area contributed by atoms with Crippen molar-refractivity contribution in [1.29, 1.82) is 0 Å². The number of hydrogen-bond donors (Lipinski definition) is 0. The van der Waals surface area contributed by atoms with Crippen molar-refractivity contribution in [3.05, 3.63) is 41.4 Å². The summed E-state index contributed by atoms with van der Waals surface area (Å²) >= 11 is 1.32. The third-order valence-corrected chi connectivity index (χ3v) is 7.01. The number of benzene rings is 1. The van der Waals surface area contributed by atoms with Crippen LogP contribution in [0.25, 0.3) is 10.6 Å². The highest BCUT2D eigenvalue weighted by atomic mass is 32.2. The minimum absolute atomic E-state index is 0.0347. The summed E-state index contributed by atoms with van der Waals surface area (Å²) in [5, 5.41) is 2.29. The van der Waals surface area contributed by atoms with Crippen molar-refractivity contribution in [3.63, 3.8) is 0 Å². The standard InChI is InChI=1S/C18H20N2O5S2/c1-2-20(14-8-9-27(23,24)12-14)16(21)10-25-18(22)15-11-26-17(19-15)13-6-4-3-5-7-13/h3-7,11,14H,2,8-10,12H2,1H3/t14-/m1/s1. The van der Waals surface area contributed by atoms with Gasteiger partial charge in [-0.2, -0.15) is 0 Å². The molecule has 1 aromatic carbocycles. The van der Waals surface area contributed by atoms with Crippen molar-refractivity contribution in [3.8, 4) is 10.6 Å². The molecule has 1 aliphatic heterocycles. The van der Waals surface area contributed by atoms with Gasteiger partial charge in [0.2, 0.25) is 0 Å². The maximum atomic E-state index is 12.4. The zero-order chi connectivity index (χ0) is 19.4. The summed E-state index contributed by atoms with van der Waals surface area (Å²) in [6.45, 7) is 1.71. The van der Waals surface area contributed by atoms with Gasteiger partial charge in [-0.25, -0.2) is 18.2 Å². The van der Waals surface area contributed by atoms with Crippen LogP contribution >= 0.6 is 11.3 Å². The van der Waals surface area contributed by atoms with E-state index in [0.717, 1.165) is 5.56 Å². The summed E-state index contributed by atoms with van der Waals surface area (Å²) in [6.07, 6.45) is 0.419. The van der Waals surface area contributed by atoms with E-state index < -0.39 is 28.3 Å². The molecule has 0 unspecified atom stereocenters. The van der Waals surface area contributed by atoms with Gasteiger partial charge in [-0.15, -0.1) is 11.3 Å². The van der Waals surface area contributed by atoms with Gasteiger partial charge < -0.3 is 9.64 Å². The number of thiazole rings is 1. The van der Waals surface area contributed by atoms with E-state index in [1.807, 2.05) is 30.3 Å². The number of carbonyl (C=O) groups is 2. The highest BCUT2D eigenvalue weighted by molar-refractivity contribution is 7.91. The summed E-state index contributed by atoms with van der Waals surface area (Å²) in [4.78, 5) is 30.3. The highest BCUT2D eigenvalue weighted by Gasteiger charge is 2.34. The molecule has 9 heteroatoms. The minimum Gasteiger partial charge on any atom is -0.451 e. The lowest BCUT2D eigenvalue weighted by Crippen LogP contribution is -2.43. The first-order valence-electron chi connectivity index (χ1n) is 8.57. The fourth-order valence-electron chi connectivity index (χ4n) is 3.02. The van der Waals surface area contributed by atoms with E-state index in [1.165, 1.54) is 16.2 Å². The molecule has 1 amide bonds. The van der Waals surface area contributed by atoms with Crippen molar-refractivity contribution in [2.45, 2.75) is 19.4 Å². The lowest BCUT2D eigenvalue weighted by molar-refractivity contribution is -0.136. The molecule has 7 nitrogen and oxygen atoms in total. The van der Waals surface area contributed by atoms with Crippen molar-refractivity contribution < 1.29 is 22.7 Å². The third-order valence-electron chi connectivity index (χ3n) is 4.37. The number of likely N-dealkylation sites (N-methyl/N-ethyl adjacent to an activating group) is 1. The lowest BCUT2D eigenvalue weighted by atomic mass is 10.2. The molecule has 27 heavy (non-hydrogen) atoms. The van der Waals surface area contributed by atoms with Crippen LogP contribution in [-0.2, 0) is 19.4 Å². The Balaban J connectivity index is 1.58. The van der Waals surface area contributed by atoms with Crippen LogP contribution in [-0.4, -0.2) is 60.9 Å². The van der Waals surface area contributed by atoms with Crippen LogP contribution in [0.1, 0.15) is 23.8 Å². The Hall–Kier alpha value is -2.26. The number of carbonyl (C=O) groups excluding carboxylic acids is 2. The molecule has 0 saturated carbocycles. The van der Waals surface area contributed by atoms with E-state index >= 15 is 0 Å². The van der Waals surface area contributed by atoms with Crippen LogP contribution in [0.4, 0.5) is 0 Å². The molecule has 1 saturated heterocycles. The van der Waals surface area contributed by atoms with Crippen LogP contribution < -0.4 is 0 Å². The minimum atomic E-state index is -3.09. The van der Waals surface area contributed by atoms with Gasteiger partial charge in [0.25, 0.3) is 5.91 Å². The van der Waals surface area contributed by atoms with Crippen molar-refractivity contribution in [1.82, 2.24) is 9.88 Å². The molecule has 0 spiro atoms. The smallest absolute Gasteiger partial charge is 0.358 e. The maximum Gasteiger partial charge on any atom is 0.358 e. The van der Waals surface area contributed by atoms with Crippen LogP contribution in [0.15, 0.2) is 35.7 Å². The van der Waals surface area contributed by atoms with Gasteiger partial charge in [0.1, 0.15) is 5.01 Å². The van der Waals surface area contributed by atoms with Gasteiger partial charge in [-0.1, -0.05) is 30.3 Å². The van der Waals surface area contributed by atoms with Gasteiger partial charge >= 0.3 is 5.97 Å². The summed E-state index contributed by atoms with van der Waals surface area (Å²) in [6, 6.07) is 9.10. The number of hydrogen-bond acceptors (Lipinski definition) is 7. The zero-order valence-corrected chi connectivity index (χ0v) is 16.5. The number of aromatic nitrogens is 1. The third kappa shape index (κ3) is 4.72. The van der Waals surface area contributed by atoms with E-state index in [9.17, 15) is 18.0 Å². The Morgan fingerprint density at radius 1 is 1.30 bits per heavy atom. The van der Waals surface area contributed by atoms with E-state index in [2.05, 4.69) is 4.98 Å². The molecule has 1 aliphatic rings. The Morgan fingerprint density at radius 3 is 2.67 bits per heavy atom. The largest absolute Gasteiger partial charge is 0.451 e. The number of ether oxygens (including phenoxy) is 1. The van der Waals surface area contributed by atoms with E-state index in [0.29, 0.717) is 18.0 Å².